The molecule has 1 saturated heterocycles. The van der Waals surface area contributed by atoms with E-state index in [-0.39, 0.29) is 17.7 Å². The Balaban J connectivity index is 1.54. The van der Waals surface area contributed by atoms with E-state index in [1.165, 1.54) is 18.4 Å². The summed E-state index contributed by atoms with van der Waals surface area (Å²) in [4.78, 5) is 26.6. The molecule has 4 nitrogen and oxygen atoms in total. The molecule has 1 fully saturated rings. The summed E-state index contributed by atoms with van der Waals surface area (Å²) in [7, 11) is 0. The number of allylic oxidation sites excluding steroid dienone is 1. The number of carbonyl (C=O) groups excluding carboxylic acids is 2. The van der Waals surface area contributed by atoms with E-state index in [1.54, 1.807) is 12.1 Å². The van der Waals surface area contributed by atoms with Gasteiger partial charge in [0.15, 0.2) is 0 Å². The number of hydrogen-bond donors (Lipinski definition) is 1. The van der Waals surface area contributed by atoms with Crippen LogP contribution in [0.15, 0.2) is 29.8 Å². The van der Waals surface area contributed by atoms with E-state index in [0.717, 1.165) is 37.1 Å². The van der Waals surface area contributed by atoms with Crippen molar-refractivity contribution in [3.63, 3.8) is 0 Å². The van der Waals surface area contributed by atoms with Crippen LogP contribution in [0.4, 0.5) is 5.69 Å². The Bertz CT molecular complexity index is 699. The molecule has 1 heterocycles. The smallest absolute Gasteiger partial charge is 0.229 e. The Morgan fingerprint density at radius 1 is 1.36 bits per heavy atom. The van der Waals surface area contributed by atoms with Gasteiger partial charge >= 0.3 is 0 Å². The second-order valence-corrected chi connectivity index (χ2v) is 7.48. The number of amides is 2. The number of hydrogen-bond acceptors (Lipinski definition) is 2. The van der Waals surface area contributed by atoms with Gasteiger partial charge in [-0.15, -0.1) is 0 Å². The van der Waals surface area contributed by atoms with Crippen LogP contribution in [0.3, 0.4) is 0 Å². The molecule has 0 spiro atoms. The van der Waals surface area contributed by atoms with Gasteiger partial charge in [0, 0.05) is 30.2 Å². The van der Waals surface area contributed by atoms with Crippen LogP contribution < -0.4 is 5.32 Å². The summed E-state index contributed by atoms with van der Waals surface area (Å²) >= 11 is 5.95. The van der Waals surface area contributed by atoms with E-state index in [0.29, 0.717) is 18.0 Å². The molecule has 3 rings (SSSR count). The minimum Gasteiger partial charge on any atom is -0.342 e. The van der Waals surface area contributed by atoms with Crippen molar-refractivity contribution in [1.29, 1.82) is 0 Å². The fraction of sp³-hybridized carbons (Fsp3) is 0.500. The summed E-state index contributed by atoms with van der Waals surface area (Å²) in [5.74, 6) is -0.273. The monoisotopic (exact) mass is 360 g/mol. The molecule has 1 aliphatic carbocycles. The van der Waals surface area contributed by atoms with E-state index < -0.39 is 0 Å². The molecule has 2 amide bonds. The lowest BCUT2D eigenvalue weighted by molar-refractivity contribution is -0.128. The number of likely N-dealkylation sites (tertiary alicyclic amines) is 1. The van der Waals surface area contributed by atoms with E-state index >= 15 is 0 Å². The van der Waals surface area contributed by atoms with Crippen molar-refractivity contribution in [3.8, 4) is 0 Å². The molecule has 5 heteroatoms. The Labute approximate surface area is 154 Å². The molecule has 0 bridgehead atoms. The molecule has 0 aromatic heterocycles. The van der Waals surface area contributed by atoms with Crippen molar-refractivity contribution in [2.24, 2.45) is 5.92 Å². The number of halogens is 1. The van der Waals surface area contributed by atoms with Crippen LogP contribution in [0.5, 0.6) is 0 Å². The Morgan fingerprint density at radius 3 is 2.92 bits per heavy atom. The minimum atomic E-state index is -0.275. The predicted octanol–water partition coefficient (Wildman–Crippen LogP) is 4.33. The van der Waals surface area contributed by atoms with Crippen LogP contribution in [0.25, 0.3) is 0 Å². The second-order valence-electron chi connectivity index (χ2n) is 7.05. The first-order valence-electron chi connectivity index (χ1n) is 9.05. The van der Waals surface area contributed by atoms with E-state index in [1.807, 2.05) is 17.9 Å². The first-order valence-corrected chi connectivity index (χ1v) is 9.43. The fourth-order valence-corrected chi connectivity index (χ4v) is 3.80. The van der Waals surface area contributed by atoms with Crippen molar-refractivity contribution in [1.82, 2.24) is 4.90 Å². The predicted molar refractivity (Wildman–Crippen MR) is 101 cm³/mol. The number of aryl methyl sites for hydroxylation is 1. The van der Waals surface area contributed by atoms with Crippen molar-refractivity contribution in [3.05, 3.63) is 40.4 Å². The minimum absolute atomic E-state index is 0.0850. The number of nitrogens with zero attached hydrogens (tertiary/aromatic N) is 1. The molecule has 134 valence electrons. The number of carbonyl (C=O) groups is 2. The average Bonchev–Trinajstić information content (AvgIpc) is 2.97. The average molecular weight is 361 g/mol. The van der Waals surface area contributed by atoms with Crippen molar-refractivity contribution >= 4 is 29.1 Å². The summed E-state index contributed by atoms with van der Waals surface area (Å²) in [6.07, 6.45) is 8.41. The fourth-order valence-electron chi connectivity index (χ4n) is 3.58. The van der Waals surface area contributed by atoms with Gasteiger partial charge < -0.3 is 10.2 Å². The normalized spacial score (nSPS) is 20.6. The van der Waals surface area contributed by atoms with Gasteiger partial charge in [-0.1, -0.05) is 23.3 Å². The molecule has 1 aliphatic heterocycles. The lowest BCUT2D eigenvalue weighted by atomic mass is 9.97. The topological polar surface area (TPSA) is 49.4 Å². The molecule has 1 N–H and O–H groups in total. The molecule has 1 atom stereocenters. The Kier molecular flexibility index (Phi) is 5.79. The number of benzene rings is 1. The van der Waals surface area contributed by atoms with Gasteiger partial charge in [0.1, 0.15) is 0 Å². The highest BCUT2D eigenvalue weighted by molar-refractivity contribution is 6.30. The quantitative estimate of drug-likeness (QED) is 0.795. The third-order valence-electron chi connectivity index (χ3n) is 5.12. The first-order chi connectivity index (χ1) is 12.0. The van der Waals surface area contributed by atoms with E-state index in [9.17, 15) is 9.59 Å². The number of anilines is 1. The van der Waals surface area contributed by atoms with Gasteiger partial charge in [0.25, 0.3) is 0 Å². The van der Waals surface area contributed by atoms with Crippen LogP contribution in [-0.4, -0.2) is 29.8 Å². The summed E-state index contributed by atoms with van der Waals surface area (Å²) in [5.41, 5.74) is 3.14. The highest BCUT2D eigenvalue weighted by Gasteiger charge is 2.34. The summed E-state index contributed by atoms with van der Waals surface area (Å²) in [6, 6.07) is 5.38. The van der Waals surface area contributed by atoms with Gasteiger partial charge in [-0.25, -0.2) is 0 Å². The van der Waals surface area contributed by atoms with Gasteiger partial charge in [-0.3, -0.25) is 9.59 Å². The standard InChI is InChI=1S/C20H25ClN2O2/c1-14-11-17(21)7-8-18(14)22-20(25)16-12-19(24)23(13-16)10-9-15-5-3-2-4-6-15/h5,7-8,11,16H,2-4,6,9-10,12-13H2,1H3,(H,22,25). The van der Waals surface area contributed by atoms with Crippen LogP contribution in [0, 0.1) is 12.8 Å². The third-order valence-corrected chi connectivity index (χ3v) is 5.35. The third kappa shape index (κ3) is 4.63. The van der Waals surface area contributed by atoms with E-state index in [4.69, 9.17) is 11.6 Å². The molecular formula is C20H25ClN2O2. The maximum absolute atomic E-state index is 12.5. The molecule has 1 unspecified atom stereocenters. The molecule has 2 aliphatic rings. The molecular weight excluding hydrogens is 336 g/mol. The largest absolute Gasteiger partial charge is 0.342 e. The Morgan fingerprint density at radius 2 is 2.20 bits per heavy atom. The molecule has 1 aromatic carbocycles. The molecule has 1 aromatic rings. The second kappa shape index (κ2) is 8.05. The van der Waals surface area contributed by atoms with Crippen LogP contribution in [0.1, 0.15) is 44.1 Å². The molecule has 25 heavy (non-hydrogen) atoms. The highest BCUT2D eigenvalue weighted by Crippen LogP contribution is 2.25. The van der Waals surface area contributed by atoms with Gasteiger partial charge in [-0.05, 0) is 62.8 Å². The van der Waals surface area contributed by atoms with Crippen molar-refractivity contribution in [2.75, 3.05) is 18.4 Å². The maximum atomic E-state index is 12.5. The summed E-state index contributed by atoms with van der Waals surface area (Å²) in [6.45, 7) is 3.16. The number of rotatable bonds is 5. The maximum Gasteiger partial charge on any atom is 0.229 e. The zero-order valence-corrected chi connectivity index (χ0v) is 15.4. The highest BCUT2D eigenvalue weighted by atomic mass is 35.5. The van der Waals surface area contributed by atoms with Crippen LogP contribution in [-0.2, 0) is 9.59 Å². The van der Waals surface area contributed by atoms with Gasteiger partial charge in [-0.2, -0.15) is 0 Å². The lowest BCUT2D eigenvalue weighted by Crippen LogP contribution is -2.29. The molecule has 0 saturated carbocycles. The van der Waals surface area contributed by atoms with Crippen molar-refractivity contribution < 1.29 is 9.59 Å². The summed E-state index contributed by atoms with van der Waals surface area (Å²) in [5, 5.41) is 3.59. The lowest BCUT2D eigenvalue weighted by Gasteiger charge is -2.19. The van der Waals surface area contributed by atoms with Crippen LogP contribution >= 0.6 is 11.6 Å². The first kappa shape index (κ1) is 18.0. The van der Waals surface area contributed by atoms with Crippen molar-refractivity contribution in [2.45, 2.75) is 45.4 Å². The Hall–Kier alpha value is -1.81. The zero-order chi connectivity index (χ0) is 17.8. The van der Waals surface area contributed by atoms with E-state index in [2.05, 4.69) is 11.4 Å². The summed E-state index contributed by atoms with van der Waals surface area (Å²) < 4.78 is 0. The zero-order valence-electron chi connectivity index (χ0n) is 14.7. The number of nitrogens with one attached hydrogen (secondary N) is 1. The SMILES string of the molecule is Cc1cc(Cl)ccc1NC(=O)C1CC(=O)N(CCC2=CCCCC2)C1. The van der Waals surface area contributed by atoms with Gasteiger partial charge in [0.05, 0.1) is 5.92 Å². The van der Waals surface area contributed by atoms with Crippen LogP contribution in [0.2, 0.25) is 5.02 Å². The molecule has 0 radical (unpaired) electrons. The van der Waals surface area contributed by atoms with Gasteiger partial charge in [0.2, 0.25) is 11.8 Å².